The number of para-hydroxylation sites is 1. The highest BCUT2D eigenvalue weighted by Crippen LogP contribution is 2.29. The highest BCUT2D eigenvalue weighted by Gasteiger charge is 2.23. The number of rotatable bonds is 3. The fourth-order valence-electron chi connectivity index (χ4n) is 2.04. The zero-order valence-electron chi connectivity index (χ0n) is 13.8. The number of carbonyl (C=O) groups excluding carboxylic acids is 1. The van der Waals surface area contributed by atoms with Crippen LogP contribution in [0.4, 0.5) is 5.69 Å². The van der Waals surface area contributed by atoms with Crippen molar-refractivity contribution in [3.8, 4) is 22.8 Å². The van der Waals surface area contributed by atoms with E-state index in [1.807, 2.05) is 57.2 Å². The fraction of sp³-hybridized carbons (Fsp3) is 0.222. The van der Waals surface area contributed by atoms with Crippen molar-refractivity contribution < 1.29 is 9.32 Å². The maximum atomic E-state index is 12.3. The number of nitrogens with zero attached hydrogens (tertiary/aromatic N) is 3. The van der Waals surface area contributed by atoms with Gasteiger partial charge in [-0.2, -0.15) is 4.98 Å². The molecule has 0 radical (unpaired) electrons. The fourth-order valence-corrected chi connectivity index (χ4v) is 2.04. The number of pyridine rings is 1. The first-order chi connectivity index (χ1) is 11.4. The van der Waals surface area contributed by atoms with Crippen LogP contribution in [0.1, 0.15) is 20.8 Å². The highest BCUT2D eigenvalue weighted by atomic mass is 16.5. The molecule has 2 heterocycles. The first-order valence-corrected chi connectivity index (χ1v) is 7.60. The van der Waals surface area contributed by atoms with Crippen LogP contribution >= 0.6 is 0 Å². The van der Waals surface area contributed by atoms with Crippen LogP contribution in [0.3, 0.4) is 0 Å². The van der Waals surface area contributed by atoms with Crippen LogP contribution in [0.25, 0.3) is 22.8 Å². The van der Waals surface area contributed by atoms with Gasteiger partial charge in [-0.15, -0.1) is 0 Å². The molecule has 0 fully saturated rings. The zero-order valence-corrected chi connectivity index (χ0v) is 13.8. The molecule has 0 aliphatic heterocycles. The summed E-state index contributed by atoms with van der Waals surface area (Å²) in [7, 11) is 0. The summed E-state index contributed by atoms with van der Waals surface area (Å²) in [5.74, 6) is 0.750. The average Bonchev–Trinajstić information content (AvgIpc) is 3.05. The van der Waals surface area contributed by atoms with Gasteiger partial charge < -0.3 is 9.84 Å². The molecule has 0 spiro atoms. The zero-order chi connectivity index (χ0) is 17.2. The molecule has 3 aromatic rings. The summed E-state index contributed by atoms with van der Waals surface area (Å²) < 4.78 is 5.38. The Labute approximate surface area is 139 Å². The smallest absolute Gasteiger partial charge is 0.260 e. The second-order valence-corrected chi connectivity index (χ2v) is 6.41. The summed E-state index contributed by atoms with van der Waals surface area (Å²) in [6.45, 7) is 5.58. The Morgan fingerprint density at radius 2 is 1.79 bits per heavy atom. The summed E-state index contributed by atoms with van der Waals surface area (Å²) in [6, 6.07) is 11.0. The van der Waals surface area contributed by atoms with Gasteiger partial charge in [0.15, 0.2) is 0 Å². The van der Waals surface area contributed by atoms with Crippen molar-refractivity contribution in [1.29, 1.82) is 0 Å². The van der Waals surface area contributed by atoms with E-state index in [4.69, 9.17) is 4.52 Å². The van der Waals surface area contributed by atoms with Crippen LogP contribution < -0.4 is 5.32 Å². The molecule has 24 heavy (non-hydrogen) atoms. The molecular formula is C18H18N4O2. The number of nitrogens with one attached hydrogen (secondary N) is 1. The Kier molecular flexibility index (Phi) is 4.12. The molecule has 6 nitrogen and oxygen atoms in total. The van der Waals surface area contributed by atoms with Crippen molar-refractivity contribution in [1.82, 2.24) is 15.1 Å². The second-order valence-electron chi connectivity index (χ2n) is 6.41. The van der Waals surface area contributed by atoms with E-state index in [1.54, 1.807) is 12.4 Å². The van der Waals surface area contributed by atoms with E-state index < -0.39 is 5.41 Å². The summed E-state index contributed by atoms with van der Waals surface area (Å²) in [5, 5.41) is 6.93. The first kappa shape index (κ1) is 15.9. The summed E-state index contributed by atoms with van der Waals surface area (Å²) in [5.41, 5.74) is 1.64. The SMILES string of the molecule is CC(C)(C)C(=O)Nc1ccccc1-c1nc(-c2ccncc2)no1. The van der Waals surface area contributed by atoms with E-state index in [1.165, 1.54) is 0 Å². The van der Waals surface area contributed by atoms with Gasteiger partial charge in [0.05, 0.1) is 11.3 Å². The van der Waals surface area contributed by atoms with Gasteiger partial charge in [-0.1, -0.05) is 38.1 Å². The van der Waals surface area contributed by atoms with Crippen LogP contribution in [-0.4, -0.2) is 21.0 Å². The van der Waals surface area contributed by atoms with Crippen LogP contribution in [0.5, 0.6) is 0 Å². The monoisotopic (exact) mass is 322 g/mol. The Morgan fingerprint density at radius 1 is 1.08 bits per heavy atom. The molecular weight excluding hydrogens is 304 g/mol. The van der Waals surface area contributed by atoms with Gasteiger partial charge in [0.2, 0.25) is 11.7 Å². The molecule has 1 N–H and O–H groups in total. The van der Waals surface area contributed by atoms with Crippen LogP contribution in [0.15, 0.2) is 53.3 Å². The van der Waals surface area contributed by atoms with E-state index in [0.29, 0.717) is 23.0 Å². The van der Waals surface area contributed by atoms with Crippen LogP contribution in [0, 0.1) is 5.41 Å². The van der Waals surface area contributed by atoms with Crippen molar-refractivity contribution in [2.45, 2.75) is 20.8 Å². The van der Waals surface area contributed by atoms with Crippen molar-refractivity contribution in [3.05, 3.63) is 48.8 Å². The molecule has 0 bridgehead atoms. The number of amides is 1. The molecule has 122 valence electrons. The predicted octanol–water partition coefficient (Wildman–Crippen LogP) is 3.78. The summed E-state index contributed by atoms with van der Waals surface area (Å²) in [4.78, 5) is 20.7. The molecule has 2 aromatic heterocycles. The van der Waals surface area contributed by atoms with Gasteiger partial charge in [-0.3, -0.25) is 9.78 Å². The Morgan fingerprint density at radius 3 is 2.50 bits per heavy atom. The van der Waals surface area contributed by atoms with Gasteiger partial charge in [0, 0.05) is 23.4 Å². The average molecular weight is 322 g/mol. The minimum absolute atomic E-state index is 0.0798. The van der Waals surface area contributed by atoms with Gasteiger partial charge in [0.25, 0.3) is 5.89 Å². The number of benzene rings is 1. The summed E-state index contributed by atoms with van der Waals surface area (Å²) >= 11 is 0. The van der Waals surface area contributed by atoms with E-state index in [9.17, 15) is 4.79 Å². The van der Waals surface area contributed by atoms with Crippen molar-refractivity contribution in [3.63, 3.8) is 0 Å². The lowest BCUT2D eigenvalue weighted by Crippen LogP contribution is -2.27. The Balaban J connectivity index is 1.94. The highest BCUT2D eigenvalue weighted by molar-refractivity contribution is 5.97. The third-order valence-electron chi connectivity index (χ3n) is 3.45. The van der Waals surface area contributed by atoms with Crippen LogP contribution in [-0.2, 0) is 4.79 Å². The third-order valence-corrected chi connectivity index (χ3v) is 3.45. The lowest BCUT2D eigenvalue weighted by atomic mass is 9.95. The molecule has 1 aromatic carbocycles. The number of carbonyl (C=O) groups is 1. The molecule has 0 unspecified atom stereocenters. The Hall–Kier alpha value is -3.02. The Bertz CT molecular complexity index is 851. The number of anilines is 1. The number of hydrogen-bond donors (Lipinski definition) is 1. The quantitative estimate of drug-likeness (QED) is 0.793. The molecule has 0 aliphatic carbocycles. The third kappa shape index (κ3) is 3.32. The normalized spacial score (nSPS) is 11.3. The van der Waals surface area contributed by atoms with Gasteiger partial charge in [-0.05, 0) is 24.3 Å². The predicted molar refractivity (Wildman–Crippen MR) is 91.0 cm³/mol. The minimum Gasteiger partial charge on any atom is -0.334 e. The second kappa shape index (κ2) is 6.23. The van der Waals surface area contributed by atoms with Gasteiger partial charge >= 0.3 is 0 Å². The lowest BCUT2D eigenvalue weighted by molar-refractivity contribution is -0.123. The molecule has 0 atom stereocenters. The van der Waals surface area contributed by atoms with E-state index >= 15 is 0 Å². The molecule has 3 rings (SSSR count). The molecule has 0 saturated carbocycles. The van der Waals surface area contributed by atoms with E-state index in [2.05, 4.69) is 20.4 Å². The lowest BCUT2D eigenvalue weighted by Gasteiger charge is -2.18. The topological polar surface area (TPSA) is 80.9 Å². The van der Waals surface area contributed by atoms with Crippen molar-refractivity contribution in [2.24, 2.45) is 5.41 Å². The molecule has 0 saturated heterocycles. The minimum atomic E-state index is -0.496. The largest absolute Gasteiger partial charge is 0.334 e. The maximum absolute atomic E-state index is 12.3. The van der Waals surface area contributed by atoms with Gasteiger partial charge in [0.1, 0.15) is 0 Å². The summed E-state index contributed by atoms with van der Waals surface area (Å²) in [6.07, 6.45) is 3.34. The standard InChI is InChI=1S/C18H18N4O2/c1-18(2,3)17(23)20-14-7-5-4-6-13(14)16-21-15(22-24-16)12-8-10-19-11-9-12/h4-11H,1-3H3,(H,20,23). The molecule has 0 aliphatic rings. The maximum Gasteiger partial charge on any atom is 0.260 e. The molecule has 6 heteroatoms. The number of aromatic nitrogens is 3. The van der Waals surface area contributed by atoms with Crippen molar-refractivity contribution >= 4 is 11.6 Å². The van der Waals surface area contributed by atoms with E-state index in [0.717, 1.165) is 5.56 Å². The van der Waals surface area contributed by atoms with Crippen LogP contribution in [0.2, 0.25) is 0 Å². The van der Waals surface area contributed by atoms with Gasteiger partial charge in [-0.25, -0.2) is 0 Å². The molecule has 1 amide bonds. The van der Waals surface area contributed by atoms with Crippen molar-refractivity contribution in [2.75, 3.05) is 5.32 Å². The van der Waals surface area contributed by atoms with E-state index in [-0.39, 0.29) is 5.91 Å². The number of hydrogen-bond acceptors (Lipinski definition) is 5. The first-order valence-electron chi connectivity index (χ1n) is 7.60.